The van der Waals surface area contributed by atoms with Crippen LogP contribution in [0.2, 0.25) is 5.02 Å². The minimum Gasteiger partial charge on any atom is -0.398 e. The van der Waals surface area contributed by atoms with Crippen LogP contribution in [0, 0.1) is 0 Å². The molecule has 0 aromatic heterocycles. The molecule has 18 heavy (non-hydrogen) atoms. The zero-order valence-electron chi connectivity index (χ0n) is 10.6. The Bertz CT molecular complexity index is 423. The van der Waals surface area contributed by atoms with E-state index in [1.165, 1.54) is 31.5 Å². The third-order valence-electron chi connectivity index (χ3n) is 3.97. The van der Waals surface area contributed by atoms with Crippen LogP contribution >= 0.6 is 11.6 Å². The smallest absolute Gasteiger partial charge is 0.0426 e. The number of nitrogen functional groups attached to an aromatic ring is 1. The summed E-state index contributed by atoms with van der Waals surface area (Å²) in [7, 11) is 0. The third kappa shape index (κ3) is 2.79. The van der Waals surface area contributed by atoms with E-state index in [0.717, 1.165) is 36.4 Å². The summed E-state index contributed by atoms with van der Waals surface area (Å²) in [6.45, 7) is 5.66. The molecule has 1 heterocycles. The lowest BCUT2D eigenvalue weighted by Gasteiger charge is -2.35. The molecule has 98 valence electrons. The first-order chi connectivity index (χ1) is 8.72. The summed E-state index contributed by atoms with van der Waals surface area (Å²) in [5.41, 5.74) is 8.01. The Morgan fingerprint density at radius 1 is 1.17 bits per heavy atom. The molecule has 2 N–H and O–H groups in total. The molecule has 0 unspecified atom stereocenters. The zero-order chi connectivity index (χ0) is 12.5. The lowest BCUT2D eigenvalue weighted by Crippen LogP contribution is -2.46. The molecule has 3 rings (SSSR count). The van der Waals surface area contributed by atoms with Gasteiger partial charge in [0, 0.05) is 49.5 Å². The molecule has 2 fully saturated rings. The maximum atomic E-state index is 6.00. The first-order valence-corrected chi connectivity index (χ1v) is 7.10. The fourth-order valence-corrected chi connectivity index (χ4v) is 2.86. The highest BCUT2D eigenvalue weighted by atomic mass is 35.5. The number of halogens is 1. The molecule has 0 spiro atoms. The van der Waals surface area contributed by atoms with Gasteiger partial charge in [-0.25, -0.2) is 0 Å². The number of anilines is 1. The van der Waals surface area contributed by atoms with Crippen molar-refractivity contribution in [3.8, 4) is 0 Å². The summed E-state index contributed by atoms with van der Waals surface area (Å²) in [5, 5.41) is 0.717. The minimum absolute atomic E-state index is 0.717. The monoisotopic (exact) mass is 265 g/mol. The maximum absolute atomic E-state index is 6.00. The van der Waals surface area contributed by atoms with E-state index in [4.69, 9.17) is 17.3 Å². The molecule has 0 atom stereocenters. The fourth-order valence-electron chi connectivity index (χ4n) is 2.68. The molecule has 2 aliphatic rings. The molecule has 1 saturated heterocycles. The van der Waals surface area contributed by atoms with E-state index in [0.29, 0.717) is 0 Å². The molecule has 1 aliphatic heterocycles. The van der Waals surface area contributed by atoms with E-state index >= 15 is 0 Å². The summed E-state index contributed by atoms with van der Waals surface area (Å²) >= 11 is 5.92. The lowest BCUT2D eigenvalue weighted by atomic mass is 10.1. The van der Waals surface area contributed by atoms with Crippen molar-refractivity contribution in [2.24, 2.45) is 0 Å². The predicted molar refractivity (Wildman–Crippen MR) is 75.7 cm³/mol. The average Bonchev–Trinajstić information content (AvgIpc) is 3.18. The van der Waals surface area contributed by atoms with Crippen LogP contribution in [-0.2, 0) is 6.54 Å². The van der Waals surface area contributed by atoms with Gasteiger partial charge in [-0.2, -0.15) is 0 Å². The van der Waals surface area contributed by atoms with Gasteiger partial charge in [0.25, 0.3) is 0 Å². The molecule has 0 amide bonds. The Hall–Kier alpha value is -0.770. The van der Waals surface area contributed by atoms with Crippen molar-refractivity contribution in [3.63, 3.8) is 0 Å². The van der Waals surface area contributed by atoms with Crippen LogP contribution in [0.4, 0.5) is 5.69 Å². The van der Waals surface area contributed by atoms with Gasteiger partial charge in [0.1, 0.15) is 0 Å². The molecular formula is C14H20ClN3. The van der Waals surface area contributed by atoms with E-state index in [-0.39, 0.29) is 0 Å². The van der Waals surface area contributed by atoms with Crippen molar-refractivity contribution in [1.29, 1.82) is 0 Å². The van der Waals surface area contributed by atoms with E-state index in [2.05, 4.69) is 9.80 Å². The number of nitrogens with zero attached hydrogens (tertiary/aromatic N) is 2. The normalized spacial score (nSPS) is 22.3. The van der Waals surface area contributed by atoms with E-state index in [9.17, 15) is 0 Å². The van der Waals surface area contributed by atoms with Crippen LogP contribution in [0.3, 0.4) is 0 Å². The maximum Gasteiger partial charge on any atom is 0.0426 e. The predicted octanol–water partition coefficient (Wildman–Crippen LogP) is 2.20. The standard InChI is InChI=1S/C14H20ClN3/c15-12-2-1-11(14(16)9-12)10-17-5-7-18(8-6-17)13-3-4-13/h1-2,9,13H,3-8,10,16H2. The summed E-state index contributed by atoms with van der Waals surface area (Å²) in [4.78, 5) is 5.11. The van der Waals surface area contributed by atoms with Gasteiger partial charge in [0.2, 0.25) is 0 Å². The lowest BCUT2D eigenvalue weighted by molar-refractivity contribution is 0.121. The van der Waals surface area contributed by atoms with Gasteiger partial charge in [-0.05, 0) is 30.5 Å². The molecule has 1 saturated carbocycles. The number of hydrogen-bond donors (Lipinski definition) is 1. The second kappa shape index (κ2) is 5.08. The quantitative estimate of drug-likeness (QED) is 0.851. The molecule has 1 aromatic carbocycles. The van der Waals surface area contributed by atoms with Crippen molar-refractivity contribution in [1.82, 2.24) is 9.80 Å². The highest BCUT2D eigenvalue weighted by Gasteiger charge is 2.31. The summed E-state index contributed by atoms with van der Waals surface area (Å²) < 4.78 is 0. The van der Waals surface area contributed by atoms with E-state index in [1.54, 1.807) is 0 Å². The van der Waals surface area contributed by atoms with Gasteiger partial charge in [-0.3, -0.25) is 9.80 Å². The van der Waals surface area contributed by atoms with E-state index < -0.39 is 0 Å². The number of nitrogens with two attached hydrogens (primary N) is 1. The van der Waals surface area contributed by atoms with Crippen LogP contribution < -0.4 is 5.73 Å². The van der Waals surface area contributed by atoms with Gasteiger partial charge in [0.15, 0.2) is 0 Å². The molecule has 4 heteroatoms. The molecular weight excluding hydrogens is 246 g/mol. The van der Waals surface area contributed by atoms with Gasteiger partial charge >= 0.3 is 0 Å². The Balaban J connectivity index is 1.56. The van der Waals surface area contributed by atoms with Crippen LogP contribution in [0.5, 0.6) is 0 Å². The fraction of sp³-hybridized carbons (Fsp3) is 0.571. The first kappa shape index (κ1) is 12.3. The Morgan fingerprint density at radius 2 is 1.89 bits per heavy atom. The number of benzene rings is 1. The van der Waals surface area contributed by atoms with Gasteiger partial charge in [0.05, 0.1) is 0 Å². The first-order valence-electron chi connectivity index (χ1n) is 6.73. The minimum atomic E-state index is 0.717. The van der Waals surface area contributed by atoms with Crippen LogP contribution in [0.1, 0.15) is 18.4 Å². The third-order valence-corrected chi connectivity index (χ3v) is 4.21. The summed E-state index contributed by atoms with van der Waals surface area (Å²) in [6, 6.07) is 6.71. The summed E-state index contributed by atoms with van der Waals surface area (Å²) in [6.07, 6.45) is 2.81. The summed E-state index contributed by atoms with van der Waals surface area (Å²) in [5.74, 6) is 0. The van der Waals surface area contributed by atoms with Gasteiger partial charge in [-0.15, -0.1) is 0 Å². The van der Waals surface area contributed by atoms with Crippen LogP contribution in [0.25, 0.3) is 0 Å². The average molecular weight is 266 g/mol. The number of piperazine rings is 1. The van der Waals surface area contributed by atoms with Gasteiger partial charge in [-0.1, -0.05) is 17.7 Å². The molecule has 0 bridgehead atoms. The molecule has 0 radical (unpaired) electrons. The Kier molecular flexibility index (Phi) is 3.46. The van der Waals surface area contributed by atoms with Crippen molar-refractivity contribution in [3.05, 3.63) is 28.8 Å². The molecule has 3 nitrogen and oxygen atoms in total. The van der Waals surface area contributed by atoms with Crippen molar-refractivity contribution < 1.29 is 0 Å². The molecule has 1 aromatic rings. The Morgan fingerprint density at radius 3 is 2.50 bits per heavy atom. The van der Waals surface area contributed by atoms with E-state index in [1.807, 2.05) is 18.2 Å². The second-order valence-corrected chi connectivity index (χ2v) is 5.82. The Labute approximate surface area is 114 Å². The van der Waals surface area contributed by atoms with Crippen LogP contribution in [0.15, 0.2) is 18.2 Å². The topological polar surface area (TPSA) is 32.5 Å². The highest BCUT2D eigenvalue weighted by molar-refractivity contribution is 6.30. The molecule has 1 aliphatic carbocycles. The second-order valence-electron chi connectivity index (χ2n) is 5.39. The van der Waals surface area contributed by atoms with Crippen molar-refractivity contribution >= 4 is 17.3 Å². The van der Waals surface area contributed by atoms with Gasteiger partial charge < -0.3 is 5.73 Å². The zero-order valence-corrected chi connectivity index (χ0v) is 11.4. The SMILES string of the molecule is Nc1cc(Cl)ccc1CN1CCN(C2CC2)CC1. The highest BCUT2D eigenvalue weighted by Crippen LogP contribution is 2.28. The largest absolute Gasteiger partial charge is 0.398 e. The van der Waals surface area contributed by atoms with Crippen molar-refractivity contribution in [2.45, 2.75) is 25.4 Å². The number of hydrogen-bond acceptors (Lipinski definition) is 3. The number of rotatable bonds is 3. The van der Waals surface area contributed by atoms with Crippen molar-refractivity contribution in [2.75, 3.05) is 31.9 Å². The van der Waals surface area contributed by atoms with Crippen LogP contribution in [-0.4, -0.2) is 42.0 Å².